The Morgan fingerprint density at radius 1 is 1.50 bits per heavy atom. The monoisotopic (exact) mass is 229 g/mol. The van der Waals surface area contributed by atoms with E-state index < -0.39 is 12.0 Å². The zero-order valence-corrected chi connectivity index (χ0v) is 10.1. The van der Waals surface area contributed by atoms with E-state index in [0.717, 1.165) is 25.9 Å². The first kappa shape index (κ1) is 13.4. The second-order valence-electron chi connectivity index (χ2n) is 4.73. The van der Waals surface area contributed by atoms with E-state index in [2.05, 4.69) is 24.1 Å². The number of hydrogen-bond acceptors (Lipinski definition) is 4. The smallest absolute Gasteiger partial charge is 0.247 e. The van der Waals surface area contributed by atoms with E-state index in [1.165, 1.54) is 0 Å². The van der Waals surface area contributed by atoms with Crippen molar-refractivity contribution in [1.29, 1.82) is 0 Å². The van der Waals surface area contributed by atoms with Crippen LogP contribution in [0.5, 0.6) is 0 Å². The third kappa shape index (κ3) is 4.08. The van der Waals surface area contributed by atoms with Crippen molar-refractivity contribution in [3.8, 4) is 0 Å². The zero-order valence-electron chi connectivity index (χ0n) is 10.1. The largest absolute Gasteiger partial charge is 0.382 e. The average Bonchev–Trinajstić information content (AvgIpc) is 2.26. The number of piperidine rings is 1. The van der Waals surface area contributed by atoms with Crippen molar-refractivity contribution in [3.05, 3.63) is 0 Å². The molecular weight excluding hydrogens is 206 g/mol. The molecule has 1 heterocycles. The van der Waals surface area contributed by atoms with Gasteiger partial charge in [-0.05, 0) is 39.8 Å². The predicted molar refractivity (Wildman–Crippen MR) is 62.9 cm³/mol. The molecule has 94 valence electrons. The molecule has 5 heteroatoms. The highest BCUT2D eigenvalue weighted by molar-refractivity contribution is 5.78. The summed E-state index contributed by atoms with van der Waals surface area (Å²) in [6, 6.07) is 0.987. The maximum absolute atomic E-state index is 10.6. The lowest BCUT2D eigenvalue weighted by Gasteiger charge is -2.35. The predicted octanol–water partition coefficient (Wildman–Crippen LogP) is -0.705. The van der Waals surface area contributed by atoms with Crippen molar-refractivity contribution in [1.82, 2.24) is 10.2 Å². The summed E-state index contributed by atoms with van der Waals surface area (Å²) in [4.78, 5) is 13.1. The van der Waals surface area contributed by atoms with Crippen molar-refractivity contribution in [2.24, 2.45) is 5.73 Å². The molecule has 4 N–H and O–H groups in total. The summed E-state index contributed by atoms with van der Waals surface area (Å²) in [5.41, 5.74) is 4.98. The van der Waals surface area contributed by atoms with Gasteiger partial charge in [0.2, 0.25) is 5.91 Å². The number of nitrogens with two attached hydrogens (primary N) is 1. The second kappa shape index (κ2) is 6.18. The number of primary amides is 1. The van der Waals surface area contributed by atoms with Crippen molar-refractivity contribution in [3.63, 3.8) is 0 Å². The normalized spacial score (nSPS) is 21.2. The molecule has 0 aliphatic carbocycles. The summed E-state index contributed by atoms with van der Waals surface area (Å²) in [5, 5.41) is 12.4. The summed E-state index contributed by atoms with van der Waals surface area (Å²) in [7, 11) is 0. The Morgan fingerprint density at radius 3 is 2.50 bits per heavy atom. The van der Waals surface area contributed by atoms with E-state index in [4.69, 9.17) is 5.73 Å². The van der Waals surface area contributed by atoms with Crippen molar-refractivity contribution in [2.45, 2.75) is 44.9 Å². The molecule has 0 saturated carbocycles. The summed E-state index contributed by atoms with van der Waals surface area (Å²) in [6.07, 6.45) is 1.05. The van der Waals surface area contributed by atoms with Gasteiger partial charge in [-0.25, -0.2) is 0 Å². The summed E-state index contributed by atoms with van der Waals surface area (Å²) in [6.45, 7) is 6.81. The molecule has 5 nitrogen and oxygen atoms in total. The number of nitrogens with one attached hydrogen (secondary N) is 1. The number of rotatable bonds is 5. The van der Waals surface area contributed by atoms with Crippen LogP contribution in [0.4, 0.5) is 0 Å². The molecule has 1 rings (SSSR count). The van der Waals surface area contributed by atoms with E-state index in [0.29, 0.717) is 12.1 Å². The molecular formula is C11H23N3O2. The Morgan fingerprint density at radius 2 is 2.06 bits per heavy atom. The molecule has 1 aliphatic rings. The fourth-order valence-electron chi connectivity index (χ4n) is 2.00. The Labute approximate surface area is 97.0 Å². The van der Waals surface area contributed by atoms with E-state index in [9.17, 15) is 9.90 Å². The summed E-state index contributed by atoms with van der Waals surface area (Å²) in [5.74, 6) is -0.660. The molecule has 1 saturated heterocycles. The molecule has 0 bridgehead atoms. The third-order valence-corrected chi connectivity index (χ3v) is 3.19. The quantitative estimate of drug-likeness (QED) is 0.582. The van der Waals surface area contributed by atoms with Crippen molar-refractivity contribution < 1.29 is 9.90 Å². The van der Waals surface area contributed by atoms with Crippen LogP contribution in [0.1, 0.15) is 26.7 Å². The van der Waals surface area contributed by atoms with Crippen LogP contribution in [-0.2, 0) is 4.79 Å². The second-order valence-corrected chi connectivity index (χ2v) is 4.73. The van der Waals surface area contributed by atoms with Gasteiger partial charge >= 0.3 is 0 Å². The van der Waals surface area contributed by atoms with Crippen LogP contribution in [-0.4, -0.2) is 53.7 Å². The molecule has 1 atom stereocenters. The first-order chi connectivity index (χ1) is 7.50. The lowest BCUT2D eigenvalue weighted by Crippen LogP contribution is -2.48. The summed E-state index contributed by atoms with van der Waals surface area (Å²) >= 11 is 0. The SMILES string of the molecule is CC(C)N1CCC(NCC(O)C(N)=O)CC1. The minimum absolute atomic E-state index is 0.266. The molecule has 0 aromatic rings. The highest BCUT2D eigenvalue weighted by Gasteiger charge is 2.21. The van der Waals surface area contributed by atoms with Gasteiger partial charge in [-0.2, -0.15) is 0 Å². The number of aliphatic hydroxyl groups excluding tert-OH is 1. The van der Waals surface area contributed by atoms with Crippen LogP contribution in [0.2, 0.25) is 0 Å². The van der Waals surface area contributed by atoms with E-state index in [1.807, 2.05) is 0 Å². The van der Waals surface area contributed by atoms with Crippen LogP contribution in [0.3, 0.4) is 0 Å². The standard InChI is InChI=1S/C11H23N3O2/c1-8(2)14-5-3-9(4-6-14)13-7-10(15)11(12)16/h8-10,13,15H,3-7H2,1-2H3,(H2,12,16). The Hall–Kier alpha value is -0.650. The van der Waals surface area contributed by atoms with E-state index in [1.54, 1.807) is 0 Å². The van der Waals surface area contributed by atoms with Gasteiger partial charge in [-0.15, -0.1) is 0 Å². The van der Waals surface area contributed by atoms with Crippen LogP contribution in [0.15, 0.2) is 0 Å². The maximum atomic E-state index is 10.6. The van der Waals surface area contributed by atoms with E-state index in [-0.39, 0.29) is 6.54 Å². The molecule has 0 aromatic carbocycles. The first-order valence-electron chi connectivity index (χ1n) is 5.95. The van der Waals surface area contributed by atoms with Crippen molar-refractivity contribution in [2.75, 3.05) is 19.6 Å². The topological polar surface area (TPSA) is 78.6 Å². The Kier molecular flexibility index (Phi) is 5.18. The Balaban J connectivity index is 2.20. The number of aliphatic hydroxyl groups is 1. The number of amides is 1. The van der Waals surface area contributed by atoms with E-state index >= 15 is 0 Å². The molecule has 0 spiro atoms. The van der Waals surface area contributed by atoms with Gasteiger partial charge in [-0.3, -0.25) is 4.79 Å². The molecule has 1 unspecified atom stereocenters. The van der Waals surface area contributed by atoms with Gasteiger partial charge in [-0.1, -0.05) is 0 Å². The molecule has 16 heavy (non-hydrogen) atoms. The zero-order chi connectivity index (χ0) is 12.1. The number of carbonyl (C=O) groups excluding carboxylic acids is 1. The molecule has 0 aromatic heterocycles. The Bertz CT molecular complexity index is 225. The number of hydrogen-bond donors (Lipinski definition) is 3. The highest BCUT2D eigenvalue weighted by atomic mass is 16.3. The summed E-state index contributed by atoms with van der Waals surface area (Å²) < 4.78 is 0. The van der Waals surface area contributed by atoms with Gasteiger partial charge in [0.25, 0.3) is 0 Å². The van der Waals surface area contributed by atoms with Crippen LogP contribution in [0, 0.1) is 0 Å². The fourth-order valence-corrected chi connectivity index (χ4v) is 2.00. The van der Waals surface area contributed by atoms with Gasteiger partial charge in [0, 0.05) is 18.6 Å². The van der Waals surface area contributed by atoms with Gasteiger partial charge in [0.15, 0.2) is 0 Å². The third-order valence-electron chi connectivity index (χ3n) is 3.19. The molecule has 1 fully saturated rings. The van der Waals surface area contributed by atoms with Crippen LogP contribution >= 0.6 is 0 Å². The minimum Gasteiger partial charge on any atom is -0.382 e. The van der Waals surface area contributed by atoms with Gasteiger partial charge < -0.3 is 21.1 Å². The molecule has 1 aliphatic heterocycles. The minimum atomic E-state index is -1.07. The van der Waals surface area contributed by atoms with Crippen LogP contribution in [0.25, 0.3) is 0 Å². The fraction of sp³-hybridized carbons (Fsp3) is 0.909. The number of likely N-dealkylation sites (tertiary alicyclic amines) is 1. The average molecular weight is 229 g/mol. The van der Waals surface area contributed by atoms with Gasteiger partial charge in [0.05, 0.1) is 0 Å². The maximum Gasteiger partial charge on any atom is 0.247 e. The lowest BCUT2D eigenvalue weighted by molar-refractivity contribution is -0.125. The van der Waals surface area contributed by atoms with Crippen molar-refractivity contribution >= 4 is 5.91 Å². The molecule has 0 radical (unpaired) electrons. The van der Waals surface area contributed by atoms with Crippen LogP contribution < -0.4 is 11.1 Å². The number of carbonyl (C=O) groups is 1. The highest BCUT2D eigenvalue weighted by Crippen LogP contribution is 2.12. The lowest BCUT2D eigenvalue weighted by atomic mass is 10.0. The first-order valence-corrected chi connectivity index (χ1v) is 5.95. The number of nitrogens with zero attached hydrogens (tertiary/aromatic N) is 1. The van der Waals surface area contributed by atoms with Gasteiger partial charge in [0.1, 0.15) is 6.10 Å². The molecule has 1 amide bonds.